The topological polar surface area (TPSA) is 124 Å². The quantitative estimate of drug-likeness (QED) is 0.378. The average Bonchev–Trinajstić information content (AvgIpc) is 2.40. The maximum atomic E-state index is 10.7. The number of hydrogen-bond donors (Lipinski definition) is 4. The Morgan fingerprint density at radius 1 is 0.900 bits per heavy atom. The zero-order chi connectivity index (χ0) is 14.3. The minimum atomic E-state index is -3.58. The second-order valence-corrected chi connectivity index (χ2v) is 5.19. The Labute approximate surface area is 124 Å². The second kappa shape index (κ2) is 8.39. The highest BCUT2D eigenvalue weighted by atomic mass is 35.5. The van der Waals surface area contributed by atoms with Gasteiger partial charge in [0.2, 0.25) is 10.0 Å². The summed E-state index contributed by atoms with van der Waals surface area (Å²) in [5, 5.41) is 4.84. The van der Waals surface area contributed by atoms with Crippen molar-refractivity contribution in [2.45, 2.75) is 4.90 Å². The lowest BCUT2D eigenvalue weighted by Crippen LogP contribution is -2.11. The Morgan fingerprint density at radius 2 is 1.40 bits per heavy atom. The smallest absolute Gasteiger partial charge is 0.238 e. The van der Waals surface area contributed by atoms with Gasteiger partial charge in [0.05, 0.1) is 4.90 Å². The molecule has 0 saturated carbocycles. The van der Waals surface area contributed by atoms with Crippen LogP contribution in [0.25, 0.3) is 0 Å². The standard InChI is InChI=1S/C6H8N2O2S.C6H8N2.ClH/c7-5-1-3-6(4-2-5)11(8,9)10;7-8-6-4-2-1-3-5-6;/h1-4H,7H2,(H2,8,9,10);1-5,8H,7H2;1H. The van der Waals surface area contributed by atoms with Crippen LogP contribution in [-0.2, 0) is 10.0 Å². The summed E-state index contributed by atoms with van der Waals surface area (Å²) < 4.78 is 21.4. The van der Waals surface area contributed by atoms with Crippen molar-refractivity contribution < 1.29 is 8.42 Å². The first-order chi connectivity index (χ1) is 8.93. The molecule has 0 aliphatic carbocycles. The number of sulfonamides is 1. The molecule has 0 unspecified atom stereocenters. The molecule has 0 aliphatic rings. The number of hydrogen-bond acceptors (Lipinski definition) is 5. The number of para-hydroxylation sites is 1. The molecule has 20 heavy (non-hydrogen) atoms. The lowest BCUT2D eigenvalue weighted by Gasteiger charge is -1.96. The number of hydrazine groups is 1. The number of primary sulfonamides is 1. The van der Waals surface area contributed by atoms with E-state index in [1.54, 1.807) is 0 Å². The molecule has 2 aromatic rings. The van der Waals surface area contributed by atoms with Gasteiger partial charge in [0.15, 0.2) is 0 Å². The molecule has 0 amide bonds. The predicted octanol–water partition coefficient (Wildman–Crippen LogP) is 1.31. The molecule has 2 rings (SSSR count). The fraction of sp³-hybridized carbons (Fsp3) is 0. The van der Waals surface area contributed by atoms with E-state index in [1.807, 2.05) is 30.3 Å². The van der Waals surface area contributed by atoms with Crippen LogP contribution in [0.2, 0.25) is 0 Å². The van der Waals surface area contributed by atoms with Crippen LogP contribution in [0.15, 0.2) is 59.5 Å². The van der Waals surface area contributed by atoms with E-state index in [0.717, 1.165) is 5.69 Å². The predicted molar refractivity (Wildman–Crippen MR) is 83.7 cm³/mol. The largest absolute Gasteiger partial charge is 0.399 e. The normalized spacial score (nSPS) is 9.70. The molecule has 6 nitrogen and oxygen atoms in total. The van der Waals surface area contributed by atoms with E-state index in [0.29, 0.717) is 5.69 Å². The Morgan fingerprint density at radius 3 is 1.75 bits per heavy atom. The van der Waals surface area contributed by atoms with Crippen LogP contribution < -0.4 is 22.1 Å². The van der Waals surface area contributed by atoms with Gasteiger partial charge in [0.1, 0.15) is 0 Å². The molecule has 0 saturated heterocycles. The minimum absolute atomic E-state index is 0. The Hall–Kier alpha value is -1.80. The number of benzene rings is 2. The Balaban J connectivity index is 0.000000359. The van der Waals surface area contributed by atoms with Crippen molar-refractivity contribution in [3.05, 3.63) is 54.6 Å². The molecular formula is C12H17ClN4O2S. The summed E-state index contributed by atoms with van der Waals surface area (Å²) in [6.45, 7) is 0. The van der Waals surface area contributed by atoms with E-state index < -0.39 is 10.0 Å². The van der Waals surface area contributed by atoms with Gasteiger partial charge in [0.25, 0.3) is 0 Å². The third-order valence-corrected chi connectivity index (χ3v) is 3.08. The van der Waals surface area contributed by atoms with Gasteiger partial charge in [0, 0.05) is 11.4 Å². The van der Waals surface area contributed by atoms with Crippen LogP contribution in [0, 0.1) is 0 Å². The van der Waals surface area contributed by atoms with Gasteiger partial charge < -0.3 is 11.2 Å². The SMILES string of the molecule is Cl.NNc1ccccc1.Nc1ccc(S(N)(=O)=O)cc1. The number of rotatable bonds is 2. The maximum absolute atomic E-state index is 10.7. The molecule has 0 heterocycles. The van der Waals surface area contributed by atoms with Crippen LogP contribution in [0.4, 0.5) is 11.4 Å². The number of halogens is 1. The average molecular weight is 317 g/mol. The van der Waals surface area contributed by atoms with Crippen molar-refractivity contribution in [2.75, 3.05) is 11.2 Å². The summed E-state index contributed by atoms with van der Waals surface area (Å²) in [6.07, 6.45) is 0. The fourth-order valence-electron chi connectivity index (χ4n) is 1.19. The summed E-state index contributed by atoms with van der Waals surface area (Å²) in [4.78, 5) is 0.0756. The molecule has 2 aromatic carbocycles. The molecule has 0 radical (unpaired) electrons. The molecule has 110 valence electrons. The summed E-state index contributed by atoms with van der Waals surface area (Å²) in [5.41, 5.74) is 9.31. The van der Waals surface area contributed by atoms with E-state index in [2.05, 4.69) is 5.43 Å². The molecule has 8 heteroatoms. The van der Waals surface area contributed by atoms with Crippen LogP contribution in [-0.4, -0.2) is 8.42 Å². The highest BCUT2D eigenvalue weighted by molar-refractivity contribution is 7.89. The van der Waals surface area contributed by atoms with Crippen molar-refractivity contribution in [1.29, 1.82) is 0 Å². The van der Waals surface area contributed by atoms with Gasteiger partial charge in [-0.25, -0.2) is 13.6 Å². The van der Waals surface area contributed by atoms with Crippen molar-refractivity contribution in [1.82, 2.24) is 0 Å². The molecule has 0 aliphatic heterocycles. The van der Waals surface area contributed by atoms with E-state index in [9.17, 15) is 8.42 Å². The van der Waals surface area contributed by atoms with Crippen LogP contribution >= 0.6 is 12.4 Å². The van der Waals surface area contributed by atoms with Gasteiger partial charge in [-0.1, -0.05) is 18.2 Å². The highest BCUT2D eigenvalue weighted by Crippen LogP contribution is 2.08. The van der Waals surface area contributed by atoms with Crippen molar-refractivity contribution >= 4 is 33.8 Å². The van der Waals surface area contributed by atoms with E-state index >= 15 is 0 Å². The molecule has 0 aromatic heterocycles. The lowest BCUT2D eigenvalue weighted by molar-refractivity contribution is 0.598. The lowest BCUT2D eigenvalue weighted by atomic mass is 10.3. The van der Waals surface area contributed by atoms with E-state index in [-0.39, 0.29) is 17.3 Å². The summed E-state index contributed by atoms with van der Waals surface area (Å²) in [6, 6.07) is 15.3. The van der Waals surface area contributed by atoms with Crippen molar-refractivity contribution in [2.24, 2.45) is 11.0 Å². The first-order valence-electron chi connectivity index (χ1n) is 5.33. The second-order valence-electron chi connectivity index (χ2n) is 3.62. The zero-order valence-corrected chi connectivity index (χ0v) is 12.2. The highest BCUT2D eigenvalue weighted by Gasteiger charge is 2.04. The fourth-order valence-corrected chi connectivity index (χ4v) is 1.71. The number of nitrogen functional groups attached to an aromatic ring is 2. The molecule has 0 fully saturated rings. The first kappa shape index (κ1) is 18.2. The summed E-state index contributed by atoms with van der Waals surface area (Å²) in [5.74, 6) is 5.10. The molecule has 0 bridgehead atoms. The summed E-state index contributed by atoms with van der Waals surface area (Å²) in [7, 11) is -3.58. The minimum Gasteiger partial charge on any atom is -0.399 e. The van der Waals surface area contributed by atoms with Gasteiger partial charge in [-0.2, -0.15) is 0 Å². The van der Waals surface area contributed by atoms with Gasteiger partial charge in [-0.3, -0.25) is 5.84 Å². The monoisotopic (exact) mass is 316 g/mol. The Bertz CT molecular complexity index is 603. The number of nitrogens with one attached hydrogen (secondary N) is 1. The van der Waals surface area contributed by atoms with E-state index in [1.165, 1.54) is 24.3 Å². The summed E-state index contributed by atoms with van der Waals surface area (Å²) >= 11 is 0. The van der Waals surface area contributed by atoms with Gasteiger partial charge in [-0.05, 0) is 36.4 Å². The molecule has 7 N–H and O–H groups in total. The maximum Gasteiger partial charge on any atom is 0.238 e. The van der Waals surface area contributed by atoms with Crippen LogP contribution in [0.3, 0.4) is 0 Å². The number of nitrogens with two attached hydrogens (primary N) is 3. The zero-order valence-electron chi connectivity index (χ0n) is 10.6. The van der Waals surface area contributed by atoms with Crippen molar-refractivity contribution in [3.63, 3.8) is 0 Å². The third-order valence-electron chi connectivity index (χ3n) is 2.15. The van der Waals surface area contributed by atoms with Crippen molar-refractivity contribution in [3.8, 4) is 0 Å². The van der Waals surface area contributed by atoms with Crippen LogP contribution in [0.1, 0.15) is 0 Å². The molecule has 0 spiro atoms. The van der Waals surface area contributed by atoms with Gasteiger partial charge in [-0.15, -0.1) is 12.4 Å². The van der Waals surface area contributed by atoms with Gasteiger partial charge >= 0.3 is 0 Å². The Kier molecular flexibility index (Phi) is 7.63. The van der Waals surface area contributed by atoms with E-state index in [4.69, 9.17) is 16.7 Å². The first-order valence-corrected chi connectivity index (χ1v) is 6.88. The molecular weight excluding hydrogens is 300 g/mol. The molecule has 0 atom stereocenters. The van der Waals surface area contributed by atoms with Crippen LogP contribution in [0.5, 0.6) is 0 Å². The number of anilines is 2. The third kappa shape index (κ3) is 6.39.